The number of unbranched alkanes of at least 4 members (excludes halogenated alkanes) is 8. The van der Waals surface area contributed by atoms with Crippen molar-refractivity contribution in [1.82, 2.24) is 20.2 Å². The topological polar surface area (TPSA) is 69.9 Å². The molecule has 158 valence electrons. The van der Waals surface area contributed by atoms with E-state index in [4.69, 9.17) is 4.74 Å². The number of hydrogen-bond acceptors (Lipinski definition) is 5. The quantitative estimate of drug-likeness (QED) is 0.238. The van der Waals surface area contributed by atoms with Gasteiger partial charge in [-0.2, -0.15) is 4.80 Å². The van der Waals surface area contributed by atoms with Gasteiger partial charge in [0.2, 0.25) is 0 Å². The van der Waals surface area contributed by atoms with Gasteiger partial charge in [-0.3, -0.25) is 4.79 Å². The number of benzene rings is 1. The zero-order valence-electron chi connectivity index (χ0n) is 17.6. The highest BCUT2D eigenvalue weighted by molar-refractivity contribution is 5.81. The van der Waals surface area contributed by atoms with E-state index < -0.39 is 5.92 Å². The maximum atomic E-state index is 12.5. The standard InChI is InChI=1S/C23H34N4O2/c1-3-5-6-7-8-9-10-11-12-16-19-27-25-22(24-26-27)21(23(28)29-4-2)20-17-14-13-15-18-20/h3,13-15,17-18,21H,1,4-12,16,19H2,2H3. The van der Waals surface area contributed by atoms with Crippen molar-refractivity contribution in [3.63, 3.8) is 0 Å². The first kappa shape index (κ1) is 22.8. The molecule has 29 heavy (non-hydrogen) atoms. The number of ether oxygens (including phenoxy) is 1. The molecule has 6 nitrogen and oxygen atoms in total. The smallest absolute Gasteiger partial charge is 0.321 e. The van der Waals surface area contributed by atoms with Gasteiger partial charge in [-0.05, 0) is 37.0 Å². The van der Waals surface area contributed by atoms with E-state index in [0.717, 1.165) is 31.4 Å². The number of tetrazole rings is 1. The van der Waals surface area contributed by atoms with Crippen LogP contribution in [0.4, 0.5) is 0 Å². The first-order valence-electron chi connectivity index (χ1n) is 10.9. The SMILES string of the molecule is C=CCCCCCCCCCCn1nnc(C(C(=O)OCC)c2ccccc2)n1. The van der Waals surface area contributed by atoms with Crippen LogP contribution < -0.4 is 0 Å². The van der Waals surface area contributed by atoms with Gasteiger partial charge in [0, 0.05) is 0 Å². The van der Waals surface area contributed by atoms with Crippen molar-refractivity contribution in [2.75, 3.05) is 6.61 Å². The van der Waals surface area contributed by atoms with Crippen LogP contribution in [0, 0.1) is 0 Å². The fourth-order valence-electron chi connectivity index (χ4n) is 3.33. The lowest BCUT2D eigenvalue weighted by atomic mass is 9.99. The highest BCUT2D eigenvalue weighted by atomic mass is 16.5. The van der Waals surface area contributed by atoms with Crippen LogP contribution in [0.3, 0.4) is 0 Å². The summed E-state index contributed by atoms with van der Waals surface area (Å²) >= 11 is 0. The van der Waals surface area contributed by atoms with Crippen LogP contribution in [0.15, 0.2) is 43.0 Å². The molecule has 2 aromatic rings. The lowest BCUT2D eigenvalue weighted by Gasteiger charge is -2.12. The summed E-state index contributed by atoms with van der Waals surface area (Å²) in [5.74, 6) is -0.577. The van der Waals surface area contributed by atoms with Crippen LogP contribution in [0.2, 0.25) is 0 Å². The molecule has 1 heterocycles. The molecule has 0 saturated carbocycles. The van der Waals surface area contributed by atoms with Crippen LogP contribution in [0.5, 0.6) is 0 Å². The number of aryl methyl sites for hydroxylation is 1. The second-order valence-corrected chi connectivity index (χ2v) is 7.25. The number of esters is 1. The molecule has 0 aliphatic rings. The molecule has 0 fully saturated rings. The second-order valence-electron chi connectivity index (χ2n) is 7.25. The molecule has 0 bridgehead atoms. The van der Waals surface area contributed by atoms with Gasteiger partial charge in [0.15, 0.2) is 5.82 Å². The molecule has 0 amide bonds. The number of hydrogen-bond donors (Lipinski definition) is 0. The zero-order chi connectivity index (χ0) is 20.7. The molecule has 0 aliphatic heterocycles. The zero-order valence-corrected chi connectivity index (χ0v) is 17.6. The minimum absolute atomic E-state index is 0.324. The number of aromatic nitrogens is 4. The summed E-state index contributed by atoms with van der Waals surface area (Å²) in [5.41, 5.74) is 0.818. The fourth-order valence-corrected chi connectivity index (χ4v) is 3.33. The van der Waals surface area contributed by atoms with E-state index in [9.17, 15) is 4.79 Å². The highest BCUT2D eigenvalue weighted by Gasteiger charge is 2.28. The fraction of sp³-hybridized carbons (Fsp3) is 0.565. The van der Waals surface area contributed by atoms with Crippen LogP contribution in [0.25, 0.3) is 0 Å². The van der Waals surface area contributed by atoms with Gasteiger partial charge in [-0.25, -0.2) is 0 Å². The third kappa shape index (κ3) is 8.18. The Hall–Kier alpha value is -2.50. The summed E-state index contributed by atoms with van der Waals surface area (Å²) in [6, 6.07) is 9.48. The monoisotopic (exact) mass is 398 g/mol. The summed E-state index contributed by atoms with van der Waals surface area (Å²) in [4.78, 5) is 14.1. The van der Waals surface area contributed by atoms with Crippen LogP contribution >= 0.6 is 0 Å². The van der Waals surface area contributed by atoms with E-state index in [2.05, 4.69) is 22.0 Å². The first-order chi connectivity index (χ1) is 14.3. The number of carbonyl (C=O) groups excluding carboxylic acids is 1. The summed E-state index contributed by atoms with van der Waals surface area (Å²) in [5, 5.41) is 12.7. The average molecular weight is 399 g/mol. The predicted molar refractivity (Wildman–Crippen MR) is 114 cm³/mol. The van der Waals surface area contributed by atoms with E-state index in [1.165, 1.54) is 38.5 Å². The predicted octanol–water partition coefficient (Wildman–Crippen LogP) is 5.07. The lowest BCUT2D eigenvalue weighted by Crippen LogP contribution is -2.19. The molecule has 0 radical (unpaired) electrons. The van der Waals surface area contributed by atoms with Gasteiger partial charge in [-0.1, -0.05) is 74.9 Å². The third-order valence-corrected chi connectivity index (χ3v) is 4.90. The summed E-state index contributed by atoms with van der Waals surface area (Å²) < 4.78 is 5.23. The summed E-state index contributed by atoms with van der Waals surface area (Å²) in [6.07, 6.45) is 13.0. The Morgan fingerprint density at radius 2 is 1.72 bits per heavy atom. The van der Waals surface area contributed by atoms with Crippen molar-refractivity contribution in [2.24, 2.45) is 0 Å². The average Bonchev–Trinajstić information content (AvgIpc) is 3.19. The number of rotatable bonds is 15. The van der Waals surface area contributed by atoms with Crippen molar-refractivity contribution >= 4 is 5.97 Å². The molecule has 1 atom stereocenters. The van der Waals surface area contributed by atoms with Crippen molar-refractivity contribution in [3.8, 4) is 0 Å². The molecule has 0 saturated heterocycles. The van der Waals surface area contributed by atoms with E-state index in [1.54, 1.807) is 11.7 Å². The van der Waals surface area contributed by atoms with Crippen molar-refractivity contribution < 1.29 is 9.53 Å². The molecular formula is C23H34N4O2. The van der Waals surface area contributed by atoms with Gasteiger partial charge in [0.25, 0.3) is 0 Å². The van der Waals surface area contributed by atoms with Gasteiger partial charge in [0.05, 0.1) is 13.2 Å². The molecule has 0 N–H and O–H groups in total. The number of carbonyl (C=O) groups is 1. The Morgan fingerprint density at radius 3 is 2.38 bits per heavy atom. The highest BCUT2D eigenvalue weighted by Crippen LogP contribution is 2.22. The van der Waals surface area contributed by atoms with E-state index in [-0.39, 0.29) is 5.97 Å². The Balaban J connectivity index is 1.76. The van der Waals surface area contributed by atoms with Crippen LogP contribution in [0.1, 0.15) is 82.0 Å². The lowest BCUT2D eigenvalue weighted by molar-refractivity contribution is -0.144. The Morgan fingerprint density at radius 1 is 1.07 bits per heavy atom. The van der Waals surface area contributed by atoms with Gasteiger partial charge < -0.3 is 4.74 Å². The van der Waals surface area contributed by atoms with Gasteiger partial charge in [-0.15, -0.1) is 16.8 Å². The van der Waals surface area contributed by atoms with E-state index in [0.29, 0.717) is 12.4 Å². The summed E-state index contributed by atoms with van der Waals surface area (Å²) in [7, 11) is 0. The summed E-state index contributed by atoms with van der Waals surface area (Å²) in [6.45, 7) is 6.60. The molecular weight excluding hydrogens is 364 g/mol. The van der Waals surface area contributed by atoms with Crippen molar-refractivity contribution in [1.29, 1.82) is 0 Å². The third-order valence-electron chi connectivity index (χ3n) is 4.90. The molecule has 6 heteroatoms. The maximum Gasteiger partial charge on any atom is 0.321 e. The number of nitrogens with zero attached hydrogens (tertiary/aromatic N) is 4. The normalized spacial score (nSPS) is 11.9. The maximum absolute atomic E-state index is 12.5. The first-order valence-corrected chi connectivity index (χ1v) is 10.9. The van der Waals surface area contributed by atoms with Gasteiger partial charge >= 0.3 is 5.97 Å². The van der Waals surface area contributed by atoms with Crippen LogP contribution in [-0.4, -0.2) is 32.8 Å². The molecule has 1 aromatic carbocycles. The minimum atomic E-state index is -0.633. The Bertz CT molecular complexity index is 715. The molecule has 1 unspecified atom stereocenters. The molecule has 0 spiro atoms. The number of allylic oxidation sites excluding steroid dienone is 1. The van der Waals surface area contributed by atoms with Crippen LogP contribution in [-0.2, 0) is 16.1 Å². The van der Waals surface area contributed by atoms with E-state index >= 15 is 0 Å². The molecule has 0 aliphatic carbocycles. The minimum Gasteiger partial charge on any atom is -0.465 e. The molecule has 2 rings (SSSR count). The van der Waals surface area contributed by atoms with Crippen molar-refractivity contribution in [3.05, 3.63) is 54.4 Å². The Labute approximate surface area is 174 Å². The van der Waals surface area contributed by atoms with Gasteiger partial charge in [0.1, 0.15) is 5.92 Å². The molecule has 1 aromatic heterocycles. The Kier molecular flexibility index (Phi) is 10.7. The second kappa shape index (κ2) is 13.6. The van der Waals surface area contributed by atoms with Crippen molar-refractivity contribution in [2.45, 2.75) is 77.2 Å². The van der Waals surface area contributed by atoms with E-state index in [1.807, 2.05) is 36.4 Å². The largest absolute Gasteiger partial charge is 0.465 e.